The summed E-state index contributed by atoms with van der Waals surface area (Å²) < 4.78 is 5.89. The van der Waals surface area contributed by atoms with Crippen molar-refractivity contribution in [3.05, 3.63) is 97.2 Å². The van der Waals surface area contributed by atoms with Gasteiger partial charge in [0, 0.05) is 6.42 Å². The Hall–Kier alpha value is -3.22. The van der Waals surface area contributed by atoms with E-state index >= 15 is 0 Å². The second-order valence-electron chi connectivity index (χ2n) is 16.0. The molecule has 0 fully saturated rings. The number of aliphatic hydroxyl groups is 2. The molecule has 0 aliphatic heterocycles. The van der Waals surface area contributed by atoms with Crippen LogP contribution in [0.15, 0.2) is 97.2 Å². The molecule has 0 radical (unpaired) electrons. The summed E-state index contributed by atoms with van der Waals surface area (Å²) in [6.07, 6.45) is 60.3. The van der Waals surface area contributed by atoms with Crippen LogP contribution in [-0.4, -0.2) is 46.9 Å². The van der Waals surface area contributed by atoms with Crippen molar-refractivity contribution in [2.75, 3.05) is 6.61 Å². The highest BCUT2D eigenvalue weighted by atomic mass is 16.5. The topological polar surface area (TPSA) is 95.9 Å². The van der Waals surface area contributed by atoms with Gasteiger partial charge in [0.05, 0.1) is 25.2 Å². The maximum absolute atomic E-state index is 13.2. The number of hydrogen-bond acceptors (Lipinski definition) is 5. The Morgan fingerprint density at radius 2 is 0.949 bits per heavy atom. The van der Waals surface area contributed by atoms with Crippen molar-refractivity contribution < 1.29 is 24.5 Å². The zero-order valence-corrected chi connectivity index (χ0v) is 38.1. The summed E-state index contributed by atoms with van der Waals surface area (Å²) in [5, 5.41) is 23.7. The second-order valence-corrected chi connectivity index (χ2v) is 16.0. The Morgan fingerprint density at radius 1 is 0.508 bits per heavy atom. The van der Waals surface area contributed by atoms with E-state index in [1.165, 1.54) is 57.8 Å². The maximum atomic E-state index is 13.2. The lowest BCUT2D eigenvalue weighted by atomic mass is 10.0. The fourth-order valence-corrected chi connectivity index (χ4v) is 6.69. The number of amides is 1. The number of aliphatic hydroxyl groups excluding tert-OH is 2. The Morgan fingerprint density at radius 3 is 1.47 bits per heavy atom. The molecule has 1 amide bonds. The zero-order valence-electron chi connectivity index (χ0n) is 38.1. The van der Waals surface area contributed by atoms with Gasteiger partial charge in [0.15, 0.2) is 0 Å². The monoisotopic (exact) mass is 820 g/mol. The molecule has 0 rings (SSSR count). The predicted molar refractivity (Wildman–Crippen MR) is 254 cm³/mol. The van der Waals surface area contributed by atoms with E-state index in [0.29, 0.717) is 19.3 Å². The van der Waals surface area contributed by atoms with Crippen molar-refractivity contribution in [1.82, 2.24) is 5.32 Å². The molecule has 0 saturated heterocycles. The number of unbranched alkanes of at least 4 members (excludes halogenated alkanes) is 19. The summed E-state index contributed by atoms with van der Waals surface area (Å²) in [7, 11) is 0. The number of carbonyl (C=O) groups excluding carboxylic acids is 2. The van der Waals surface area contributed by atoms with E-state index in [-0.39, 0.29) is 24.9 Å². The molecule has 0 saturated carbocycles. The summed E-state index contributed by atoms with van der Waals surface area (Å²) >= 11 is 0. The molecule has 6 heteroatoms. The van der Waals surface area contributed by atoms with E-state index in [4.69, 9.17) is 4.74 Å². The average molecular weight is 820 g/mol. The first-order valence-electron chi connectivity index (χ1n) is 24.1. The number of carbonyl (C=O) groups is 2. The van der Waals surface area contributed by atoms with Crippen molar-refractivity contribution in [2.24, 2.45) is 0 Å². The van der Waals surface area contributed by atoms with E-state index < -0.39 is 18.2 Å². The van der Waals surface area contributed by atoms with Gasteiger partial charge in [-0.05, 0) is 64.2 Å². The number of allylic oxidation sites excluding steroid dienone is 16. The summed E-state index contributed by atoms with van der Waals surface area (Å²) in [5.74, 6) is -0.550. The molecule has 3 atom stereocenters. The number of nitrogens with one attached hydrogen (secondary N) is 1. The van der Waals surface area contributed by atoms with Crippen molar-refractivity contribution in [2.45, 2.75) is 219 Å². The number of hydrogen-bond donors (Lipinski definition) is 3. The van der Waals surface area contributed by atoms with Crippen LogP contribution in [0.2, 0.25) is 0 Å². The van der Waals surface area contributed by atoms with E-state index in [1.54, 1.807) is 0 Å². The van der Waals surface area contributed by atoms with E-state index in [0.717, 1.165) is 96.3 Å². The summed E-state index contributed by atoms with van der Waals surface area (Å²) in [5.41, 5.74) is 0. The van der Waals surface area contributed by atoms with Crippen LogP contribution in [0.25, 0.3) is 0 Å². The molecule has 6 nitrogen and oxygen atoms in total. The van der Waals surface area contributed by atoms with Gasteiger partial charge in [0.25, 0.3) is 0 Å². The third-order valence-corrected chi connectivity index (χ3v) is 10.3. The minimum Gasteiger partial charge on any atom is -0.462 e. The van der Waals surface area contributed by atoms with Gasteiger partial charge in [0.1, 0.15) is 6.10 Å². The standard InChI is InChI=1S/C53H89NO5/c1-4-7-10-13-16-19-22-24-25-26-28-30-32-35-38-41-44-49(59-53(58)46-43-40-37-34-31-27-23-20-17-14-11-8-5-2)47-52(57)54-50(48-55)51(56)45-42-39-36-33-29-21-18-15-12-9-6-3/h8,10-11,13-14,16-17,19-20,22-26,28,30,49-51,55-56H,4-7,9,12,15,18,21,27,29,31-48H2,1-3H3,(H,54,57)/b11-8+,13-10+,17-14+,19-16+,23-20-,24-22+,26-25+,30-28+. The zero-order chi connectivity index (χ0) is 43.1. The molecule has 0 heterocycles. The molecule has 0 aliphatic rings. The molecule has 59 heavy (non-hydrogen) atoms. The van der Waals surface area contributed by atoms with Crippen molar-refractivity contribution in [3.63, 3.8) is 0 Å². The first kappa shape index (κ1) is 55.8. The minimum atomic E-state index is -0.808. The lowest BCUT2D eigenvalue weighted by Crippen LogP contribution is -2.46. The molecular formula is C53H89NO5. The van der Waals surface area contributed by atoms with Crippen LogP contribution in [0.3, 0.4) is 0 Å². The van der Waals surface area contributed by atoms with Crippen LogP contribution in [0.5, 0.6) is 0 Å². The van der Waals surface area contributed by atoms with E-state index in [9.17, 15) is 19.8 Å². The molecular weight excluding hydrogens is 731 g/mol. The fourth-order valence-electron chi connectivity index (χ4n) is 6.69. The SMILES string of the molecule is CC/C=C/C=C/C=C\CCCCCCCC(=O)OC(CCCCC/C=C/C=C/C=C/C=C/C=C/CCC)CC(=O)NC(CO)C(O)CCCCCCCCCCCCC. The Bertz CT molecular complexity index is 1190. The van der Waals surface area contributed by atoms with Gasteiger partial charge in [-0.3, -0.25) is 9.59 Å². The van der Waals surface area contributed by atoms with Crippen molar-refractivity contribution in [1.29, 1.82) is 0 Å². The molecule has 0 aliphatic carbocycles. The van der Waals surface area contributed by atoms with Gasteiger partial charge in [-0.1, -0.05) is 221 Å². The van der Waals surface area contributed by atoms with Gasteiger partial charge >= 0.3 is 5.97 Å². The van der Waals surface area contributed by atoms with Gasteiger partial charge in [-0.15, -0.1) is 0 Å². The normalized spacial score (nSPS) is 14.2. The van der Waals surface area contributed by atoms with Gasteiger partial charge in [0.2, 0.25) is 5.91 Å². The van der Waals surface area contributed by atoms with Gasteiger partial charge in [-0.2, -0.15) is 0 Å². The second kappa shape index (κ2) is 45.9. The molecule has 0 aromatic carbocycles. The van der Waals surface area contributed by atoms with Crippen LogP contribution in [-0.2, 0) is 14.3 Å². The smallest absolute Gasteiger partial charge is 0.306 e. The highest BCUT2D eigenvalue weighted by Gasteiger charge is 2.24. The first-order chi connectivity index (χ1) is 29.0. The highest BCUT2D eigenvalue weighted by molar-refractivity contribution is 5.77. The molecule has 0 spiro atoms. The summed E-state index contributed by atoms with van der Waals surface area (Å²) in [6, 6.07) is -0.725. The lowest BCUT2D eigenvalue weighted by Gasteiger charge is -2.24. The van der Waals surface area contributed by atoms with Crippen LogP contribution in [0, 0.1) is 0 Å². The molecule has 0 bridgehead atoms. The predicted octanol–water partition coefficient (Wildman–Crippen LogP) is 14.2. The van der Waals surface area contributed by atoms with E-state index in [1.807, 2.05) is 36.5 Å². The summed E-state index contributed by atoms with van der Waals surface area (Å²) in [4.78, 5) is 26.1. The molecule has 336 valence electrons. The molecule has 0 aromatic rings. The third kappa shape index (κ3) is 41.3. The minimum absolute atomic E-state index is 0.0352. The first-order valence-corrected chi connectivity index (χ1v) is 24.1. The summed E-state index contributed by atoms with van der Waals surface area (Å²) in [6.45, 7) is 6.22. The number of ether oxygens (including phenoxy) is 1. The third-order valence-electron chi connectivity index (χ3n) is 10.3. The fraction of sp³-hybridized carbons (Fsp3) is 0.660. The number of rotatable bonds is 41. The molecule has 0 aromatic heterocycles. The van der Waals surface area contributed by atoms with Crippen molar-refractivity contribution >= 4 is 11.9 Å². The van der Waals surface area contributed by atoms with E-state index in [2.05, 4.69) is 86.8 Å². The van der Waals surface area contributed by atoms with Crippen LogP contribution in [0.4, 0.5) is 0 Å². The van der Waals surface area contributed by atoms with Gasteiger partial charge in [-0.25, -0.2) is 0 Å². The van der Waals surface area contributed by atoms with Crippen molar-refractivity contribution in [3.8, 4) is 0 Å². The van der Waals surface area contributed by atoms with Crippen LogP contribution < -0.4 is 5.32 Å². The Kier molecular flexibility index (Phi) is 43.4. The lowest BCUT2D eigenvalue weighted by molar-refractivity contribution is -0.151. The Labute approximate surface area is 363 Å². The number of esters is 1. The maximum Gasteiger partial charge on any atom is 0.306 e. The Balaban J connectivity index is 4.77. The molecule has 3 unspecified atom stereocenters. The quantitative estimate of drug-likeness (QED) is 0.0324. The highest BCUT2D eigenvalue weighted by Crippen LogP contribution is 2.17. The van der Waals surface area contributed by atoms with Gasteiger partial charge < -0.3 is 20.3 Å². The van der Waals surface area contributed by atoms with Crippen LogP contribution >= 0.6 is 0 Å². The largest absolute Gasteiger partial charge is 0.462 e. The average Bonchev–Trinajstić information content (AvgIpc) is 3.23. The molecule has 3 N–H and O–H groups in total. The van der Waals surface area contributed by atoms with Crippen LogP contribution in [0.1, 0.15) is 201 Å².